The summed E-state index contributed by atoms with van der Waals surface area (Å²) in [4.78, 5) is 27.6. The van der Waals surface area contributed by atoms with Crippen molar-refractivity contribution in [2.75, 3.05) is 55.0 Å². The highest BCUT2D eigenvalue weighted by atomic mass is 35.5. The van der Waals surface area contributed by atoms with Gasteiger partial charge in [0.05, 0.1) is 17.4 Å². The molecule has 0 unspecified atom stereocenters. The van der Waals surface area contributed by atoms with Gasteiger partial charge in [-0.05, 0) is 37.1 Å². The molecule has 1 saturated heterocycles. The lowest BCUT2D eigenvalue weighted by atomic mass is 10.1. The van der Waals surface area contributed by atoms with Crippen LogP contribution in [-0.2, 0) is 0 Å². The van der Waals surface area contributed by atoms with Gasteiger partial charge in [0.15, 0.2) is 0 Å². The minimum Gasteiger partial charge on any atom is -0.369 e. The Kier molecular flexibility index (Phi) is 6.14. The summed E-state index contributed by atoms with van der Waals surface area (Å²) < 4.78 is 14.5. The van der Waals surface area contributed by atoms with Gasteiger partial charge in [0.2, 0.25) is 5.95 Å². The van der Waals surface area contributed by atoms with Crippen molar-refractivity contribution in [1.82, 2.24) is 20.2 Å². The number of fused-ring (bicyclic) bond motifs is 1. The molecule has 3 aliphatic rings. The summed E-state index contributed by atoms with van der Waals surface area (Å²) >= 11 is 6.24. The summed E-state index contributed by atoms with van der Waals surface area (Å²) in [5.74, 6) is 0.137. The molecule has 178 valence electrons. The molecule has 8 nitrogen and oxygen atoms in total. The molecular weight excluding hydrogens is 457 g/mol. The van der Waals surface area contributed by atoms with Crippen molar-refractivity contribution >= 4 is 40.6 Å². The first kappa shape index (κ1) is 22.6. The van der Waals surface area contributed by atoms with E-state index in [0.29, 0.717) is 23.8 Å². The Balaban J connectivity index is 1.37. The van der Waals surface area contributed by atoms with Gasteiger partial charge in [-0.15, -0.1) is 0 Å². The van der Waals surface area contributed by atoms with E-state index in [-0.39, 0.29) is 35.6 Å². The highest BCUT2D eigenvalue weighted by Crippen LogP contribution is 2.36. The lowest BCUT2D eigenvalue weighted by Crippen LogP contribution is -2.45. The second-order valence-corrected chi connectivity index (χ2v) is 9.12. The van der Waals surface area contributed by atoms with Crippen LogP contribution in [0.15, 0.2) is 47.0 Å². The van der Waals surface area contributed by atoms with Crippen LogP contribution in [-0.4, -0.2) is 60.7 Å². The maximum Gasteiger partial charge on any atom is 0.265 e. The van der Waals surface area contributed by atoms with Crippen LogP contribution in [0.25, 0.3) is 0 Å². The van der Waals surface area contributed by atoms with Crippen LogP contribution in [0.4, 0.5) is 27.5 Å². The van der Waals surface area contributed by atoms with Crippen LogP contribution in [0.1, 0.15) is 28.8 Å². The first-order chi connectivity index (χ1) is 16.4. The zero-order chi connectivity index (χ0) is 23.8. The maximum atomic E-state index is 14.5. The van der Waals surface area contributed by atoms with E-state index >= 15 is 0 Å². The lowest BCUT2D eigenvalue weighted by Gasteiger charge is -2.36. The fourth-order valence-electron chi connectivity index (χ4n) is 4.60. The monoisotopic (exact) mass is 483 g/mol. The summed E-state index contributed by atoms with van der Waals surface area (Å²) in [5.41, 5.74) is 3.70. The van der Waals surface area contributed by atoms with Crippen molar-refractivity contribution in [3.8, 4) is 0 Å². The second-order valence-electron chi connectivity index (χ2n) is 8.71. The maximum absolute atomic E-state index is 14.5. The Morgan fingerprint density at radius 2 is 2.03 bits per heavy atom. The van der Waals surface area contributed by atoms with E-state index < -0.39 is 0 Å². The van der Waals surface area contributed by atoms with Gasteiger partial charge >= 0.3 is 0 Å². The number of allylic oxidation sites excluding steroid dienone is 3. The average Bonchev–Trinajstić information content (AvgIpc) is 2.83. The number of halogens is 2. The normalized spacial score (nSPS) is 18.8. The molecule has 1 aliphatic carbocycles. The Labute approximate surface area is 203 Å². The number of nitrogens with one attached hydrogen (secondary N) is 2. The van der Waals surface area contributed by atoms with Gasteiger partial charge in [0.25, 0.3) is 5.91 Å². The molecule has 3 heterocycles. The molecule has 1 fully saturated rings. The predicted molar refractivity (Wildman–Crippen MR) is 132 cm³/mol. The summed E-state index contributed by atoms with van der Waals surface area (Å²) in [6, 6.07) is 6.19. The van der Waals surface area contributed by atoms with Gasteiger partial charge in [-0.2, -0.15) is 4.98 Å². The molecule has 0 atom stereocenters. The molecule has 1 aromatic heterocycles. The third kappa shape index (κ3) is 4.21. The molecule has 10 heteroatoms. The Morgan fingerprint density at radius 3 is 2.76 bits per heavy atom. The number of benzene rings is 1. The SMILES string of the molecule is Cc1cc(Nc2ncc3c(n2)N(C)CN(C2=C(F)CCC=C2Cl)C3=O)ccc1N1CCNCC1. The van der Waals surface area contributed by atoms with E-state index in [1.54, 1.807) is 18.0 Å². The van der Waals surface area contributed by atoms with Crippen LogP contribution in [0.2, 0.25) is 0 Å². The summed E-state index contributed by atoms with van der Waals surface area (Å²) in [6.07, 6.45) is 3.98. The topological polar surface area (TPSA) is 76.6 Å². The number of aryl methyl sites for hydroxylation is 1. The van der Waals surface area contributed by atoms with Gasteiger partial charge in [-0.1, -0.05) is 17.7 Å². The summed E-state index contributed by atoms with van der Waals surface area (Å²) in [5, 5.41) is 6.88. The van der Waals surface area contributed by atoms with E-state index in [1.807, 2.05) is 6.07 Å². The minimum absolute atomic E-state index is 0.137. The second kappa shape index (κ2) is 9.23. The standard InChI is InChI=1S/C24H27ClFN7O/c1-15-12-16(6-7-20(15)32-10-8-27-9-11-32)29-24-28-13-17-22(30-24)31(2)14-33(23(17)34)21-18(25)4-3-5-19(21)26/h4,6-7,12-13,27H,3,5,8-11,14H2,1-2H3,(H,28,29,30). The summed E-state index contributed by atoms with van der Waals surface area (Å²) in [6.45, 7) is 6.18. The molecule has 0 radical (unpaired) electrons. The van der Waals surface area contributed by atoms with E-state index in [2.05, 4.69) is 44.6 Å². The van der Waals surface area contributed by atoms with Crippen molar-refractivity contribution in [2.45, 2.75) is 19.8 Å². The molecule has 0 spiro atoms. The number of rotatable bonds is 4. The van der Waals surface area contributed by atoms with Crippen LogP contribution in [0.3, 0.4) is 0 Å². The molecule has 5 rings (SSSR count). The van der Waals surface area contributed by atoms with E-state index in [1.165, 1.54) is 22.3 Å². The minimum atomic E-state index is -0.378. The molecular formula is C24H27ClFN7O. The van der Waals surface area contributed by atoms with Gasteiger partial charge in [0.1, 0.15) is 17.2 Å². The lowest BCUT2D eigenvalue weighted by molar-refractivity contribution is 0.0793. The number of nitrogens with zero attached hydrogens (tertiary/aromatic N) is 5. The highest BCUT2D eigenvalue weighted by Gasteiger charge is 2.35. The summed E-state index contributed by atoms with van der Waals surface area (Å²) in [7, 11) is 1.81. The molecule has 2 aromatic rings. The number of carbonyl (C=O) groups is 1. The zero-order valence-corrected chi connectivity index (χ0v) is 20.0. The molecule has 0 saturated carbocycles. The van der Waals surface area contributed by atoms with Crippen molar-refractivity contribution in [1.29, 1.82) is 0 Å². The van der Waals surface area contributed by atoms with Crippen molar-refractivity contribution < 1.29 is 9.18 Å². The Bertz CT molecular complexity index is 1190. The number of hydrogen-bond donors (Lipinski definition) is 2. The smallest absolute Gasteiger partial charge is 0.265 e. The van der Waals surface area contributed by atoms with E-state index in [9.17, 15) is 9.18 Å². The van der Waals surface area contributed by atoms with Crippen LogP contribution in [0.5, 0.6) is 0 Å². The fourth-order valence-corrected chi connectivity index (χ4v) is 4.92. The first-order valence-electron chi connectivity index (χ1n) is 11.4. The number of anilines is 4. The van der Waals surface area contributed by atoms with Crippen LogP contribution >= 0.6 is 11.6 Å². The molecule has 2 aliphatic heterocycles. The van der Waals surface area contributed by atoms with Crippen molar-refractivity contribution in [2.24, 2.45) is 0 Å². The molecule has 0 bridgehead atoms. The fraction of sp³-hybridized carbons (Fsp3) is 0.375. The highest BCUT2D eigenvalue weighted by molar-refractivity contribution is 6.32. The first-order valence-corrected chi connectivity index (χ1v) is 11.8. The number of hydrogen-bond acceptors (Lipinski definition) is 7. The van der Waals surface area contributed by atoms with Crippen LogP contribution in [0, 0.1) is 6.92 Å². The van der Waals surface area contributed by atoms with Gasteiger partial charge < -0.3 is 20.4 Å². The number of carbonyl (C=O) groups excluding carboxylic acids is 1. The Hall–Kier alpha value is -3.17. The predicted octanol–water partition coefficient (Wildman–Crippen LogP) is 3.89. The zero-order valence-electron chi connectivity index (χ0n) is 19.2. The number of aromatic nitrogens is 2. The van der Waals surface area contributed by atoms with E-state index in [4.69, 9.17) is 11.6 Å². The largest absolute Gasteiger partial charge is 0.369 e. The van der Waals surface area contributed by atoms with Crippen molar-refractivity contribution in [3.05, 3.63) is 58.2 Å². The van der Waals surface area contributed by atoms with Crippen LogP contribution < -0.4 is 20.4 Å². The van der Waals surface area contributed by atoms with Gasteiger partial charge in [-0.3, -0.25) is 9.69 Å². The van der Waals surface area contributed by atoms with Gasteiger partial charge in [0, 0.05) is 57.2 Å². The van der Waals surface area contributed by atoms with E-state index in [0.717, 1.165) is 31.9 Å². The number of piperazine rings is 1. The third-order valence-electron chi connectivity index (χ3n) is 6.31. The quantitative estimate of drug-likeness (QED) is 0.683. The Morgan fingerprint density at radius 1 is 1.24 bits per heavy atom. The number of amides is 1. The molecule has 2 N–H and O–H groups in total. The molecule has 34 heavy (non-hydrogen) atoms. The van der Waals surface area contributed by atoms with Crippen molar-refractivity contribution in [3.63, 3.8) is 0 Å². The molecule has 1 aromatic carbocycles. The third-order valence-corrected chi connectivity index (χ3v) is 6.64. The van der Waals surface area contributed by atoms with Gasteiger partial charge in [-0.25, -0.2) is 9.37 Å². The average molecular weight is 484 g/mol. The molecule has 1 amide bonds.